The summed E-state index contributed by atoms with van der Waals surface area (Å²) in [5.74, 6) is 28.4. The maximum Gasteiger partial charge on any atom is 0.469 e. The molecule has 0 aromatic carbocycles. The van der Waals surface area contributed by atoms with E-state index >= 15 is 0 Å². The van der Waals surface area contributed by atoms with E-state index in [1.165, 1.54) is 0 Å². The van der Waals surface area contributed by atoms with Crippen molar-refractivity contribution >= 4 is 19.8 Å². The zero-order valence-electron chi connectivity index (χ0n) is 19.1. The molecule has 35 heavy (non-hydrogen) atoms. The van der Waals surface area contributed by atoms with Gasteiger partial charge in [0.25, 0.3) is 0 Å². The summed E-state index contributed by atoms with van der Waals surface area (Å²) in [7, 11) is -4.81. The Balaban J connectivity index is 4.69. The number of terminal acetylenes is 1. The van der Waals surface area contributed by atoms with Gasteiger partial charge in [0.15, 0.2) is 6.10 Å². The molecule has 0 rings (SSSR count). The summed E-state index contributed by atoms with van der Waals surface area (Å²) < 4.78 is 25.2. The lowest BCUT2D eigenvalue weighted by Gasteiger charge is -2.17. The highest BCUT2D eigenvalue weighted by atomic mass is 31.2. The highest BCUT2D eigenvalue weighted by molar-refractivity contribution is 7.46. The molecular formula is C26H23O8P. The fourth-order valence-electron chi connectivity index (χ4n) is 2.02. The minimum atomic E-state index is -4.81. The molecule has 9 heteroatoms. The Morgan fingerprint density at radius 2 is 1.37 bits per heavy atom. The maximum absolute atomic E-state index is 12.0. The van der Waals surface area contributed by atoms with Gasteiger partial charge in [-0.15, -0.1) is 6.42 Å². The molecule has 0 aromatic rings. The van der Waals surface area contributed by atoms with Gasteiger partial charge >= 0.3 is 19.8 Å². The smallest absolute Gasteiger partial charge is 0.456 e. The maximum atomic E-state index is 12.0. The van der Waals surface area contributed by atoms with E-state index in [0.29, 0.717) is 6.42 Å². The number of carbonyl (C=O) groups excluding carboxylic acids is 2. The van der Waals surface area contributed by atoms with Crippen LogP contribution in [-0.4, -0.2) is 41.0 Å². The first kappa shape index (κ1) is 31.0. The molecule has 0 aliphatic rings. The lowest BCUT2D eigenvalue weighted by atomic mass is 10.1. The minimum Gasteiger partial charge on any atom is -0.456 e. The van der Waals surface area contributed by atoms with Crippen LogP contribution in [0.1, 0.15) is 45.4 Å². The summed E-state index contributed by atoms with van der Waals surface area (Å²) in [6.45, 7) is 0.899. The summed E-state index contributed by atoms with van der Waals surface area (Å²) >= 11 is 0. The zero-order valence-corrected chi connectivity index (χ0v) is 20.0. The van der Waals surface area contributed by atoms with Gasteiger partial charge in [-0.3, -0.25) is 9.32 Å². The number of unbranched alkanes of at least 4 members (excludes halogenated alkanes) is 4. The largest absolute Gasteiger partial charge is 0.469 e. The summed E-state index contributed by atoms with van der Waals surface area (Å²) in [5, 5.41) is 0. The standard InChI is InChI=1S/C26H23O8P/c1-3-5-7-9-10-11-12-13-14-15-17-18-20-25(27)32-22-24(23-33-35(29,30)31)34-26(28)21-19-16-8-6-4-2/h1,24H,4,6,8,16,19,21-23H2,2H3,(H2,29,30,31)/t24-/m0/s1. The van der Waals surface area contributed by atoms with Crippen LogP contribution in [0, 0.1) is 83.4 Å². The molecule has 0 saturated carbocycles. The van der Waals surface area contributed by atoms with Crippen LogP contribution >= 0.6 is 7.82 Å². The Labute approximate surface area is 206 Å². The second-order valence-electron chi connectivity index (χ2n) is 6.31. The molecule has 1 atom stereocenters. The van der Waals surface area contributed by atoms with Gasteiger partial charge in [0.05, 0.1) is 6.61 Å². The average molecular weight is 494 g/mol. The second-order valence-corrected chi connectivity index (χ2v) is 7.54. The molecule has 0 aromatic heterocycles. The van der Waals surface area contributed by atoms with Gasteiger partial charge in [0, 0.05) is 12.3 Å². The number of hydrogen-bond acceptors (Lipinski definition) is 6. The number of carbonyl (C=O) groups is 2. The molecule has 180 valence electrons. The highest BCUT2D eigenvalue weighted by Crippen LogP contribution is 2.35. The van der Waals surface area contributed by atoms with Gasteiger partial charge in [-0.25, -0.2) is 9.36 Å². The van der Waals surface area contributed by atoms with Crippen LogP contribution in [-0.2, 0) is 28.2 Å². The van der Waals surface area contributed by atoms with Crippen molar-refractivity contribution in [1.82, 2.24) is 0 Å². The van der Waals surface area contributed by atoms with Gasteiger partial charge in [-0.05, 0) is 77.5 Å². The number of phosphoric ester groups is 1. The van der Waals surface area contributed by atoms with E-state index in [-0.39, 0.29) is 6.42 Å². The van der Waals surface area contributed by atoms with Crippen LogP contribution in [0.4, 0.5) is 0 Å². The van der Waals surface area contributed by atoms with E-state index in [4.69, 9.17) is 25.7 Å². The van der Waals surface area contributed by atoms with Gasteiger partial charge in [-0.1, -0.05) is 32.6 Å². The molecule has 0 bridgehead atoms. The molecule has 0 aliphatic heterocycles. The predicted molar refractivity (Wildman–Crippen MR) is 128 cm³/mol. The third-order valence-electron chi connectivity index (χ3n) is 3.47. The van der Waals surface area contributed by atoms with Crippen molar-refractivity contribution in [3.63, 3.8) is 0 Å². The van der Waals surface area contributed by atoms with E-state index in [0.717, 1.165) is 25.7 Å². The normalized spacial score (nSPS) is 9.43. The first-order valence-corrected chi connectivity index (χ1v) is 11.8. The summed E-state index contributed by atoms with van der Waals surface area (Å²) in [4.78, 5) is 41.3. The average Bonchev–Trinajstić information content (AvgIpc) is 2.80. The van der Waals surface area contributed by atoms with Gasteiger partial charge in [-0.2, -0.15) is 0 Å². The number of esters is 2. The van der Waals surface area contributed by atoms with Crippen LogP contribution in [0.25, 0.3) is 0 Å². The van der Waals surface area contributed by atoms with Crippen LogP contribution in [0.5, 0.6) is 0 Å². The van der Waals surface area contributed by atoms with Gasteiger partial charge in [0.2, 0.25) is 0 Å². The Hall–Kier alpha value is -4.03. The summed E-state index contributed by atoms with van der Waals surface area (Å²) in [5.41, 5.74) is 0. The van der Waals surface area contributed by atoms with Crippen LogP contribution < -0.4 is 0 Å². The number of ether oxygens (including phenoxy) is 2. The Morgan fingerprint density at radius 1 is 0.829 bits per heavy atom. The van der Waals surface area contributed by atoms with E-state index in [9.17, 15) is 14.2 Å². The molecule has 0 fully saturated rings. The predicted octanol–water partition coefficient (Wildman–Crippen LogP) is 1.56. The van der Waals surface area contributed by atoms with Crippen LogP contribution in [0.3, 0.4) is 0 Å². The molecule has 0 spiro atoms. The second kappa shape index (κ2) is 20.6. The van der Waals surface area contributed by atoms with E-state index in [2.05, 4.69) is 88.4 Å². The highest BCUT2D eigenvalue weighted by Gasteiger charge is 2.22. The van der Waals surface area contributed by atoms with Crippen LogP contribution in [0.2, 0.25) is 0 Å². The van der Waals surface area contributed by atoms with Crippen molar-refractivity contribution in [2.24, 2.45) is 0 Å². The molecule has 0 saturated heterocycles. The zero-order chi connectivity index (χ0) is 26.2. The fraction of sp³-hybridized carbons (Fsp3) is 0.385. The minimum absolute atomic E-state index is 0.122. The van der Waals surface area contributed by atoms with Crippen molar-refractivity contribution in [3.8, 4) is 83.4 Å². The topological polar surface area (TPSA) is 119 Å². The number of hydrogen-bond donors (Lipinski definition) is 2. The van der Waals surface area contributed by atoms with Crippen molar-refractivity contribution in [3.05, 3.63) is 0 Å². The van der Waals surface area contributed by atoms with E-state index in [1.54, 1.807) is 0 Å². The summed E-state index contributed by atoms with van der Waals surface area (Å²) in [6.07, 6.45) is 8.40. The van der Waals surface area contributed by atoms with E-state index < -0.39 is 39.1 Å². The number of rotatable bonds is 12. The van der Waals surface area contributed by atoms with Crippen molar-refractivity contribution in [2.75, 3.05) is 13.2 Å². The quantitative estimate of drug-likeness (QED) is 0.138. The van der Waals surface area contributed by atoms with Crippen LogP contribution in [0.15, 0.2) is 0 Å². The molecule has 0 amide bonds. The molecule has 0 heterocycles. The number of phosphoric acid groups is 1. The third-order valence-corrected chi connectivity index (χ3v) is 3.96. The van der Waals surface area contributed by atoms with Crippen molar-refractivity contribution < 1.29 is 37.9 Å². The SMILES string of the molecule is C#CC#CC#CC#CC#CC#CC#CC(=O)OC[C@@H](COP(=O)(O)O)OC(=O)CCCCCCC. The molecule has 0 unspecified atom stereocenters. The molecule has 2 N–H and O–H groups in total. The lowest BCUT2D eigenvalue weighted by molar-refractivity contribution is -0.158. The molecule has 0 aliphatic carbocycles. The summed E-state index contributed by atoms with van der Waals surface area (Å²) in [6, 6.07) is 0. The fourth-order valence-corrected chi connectivity index (χ4v) is 2.38. The Bertz CT molecular complexity index is 1180. The Morgan fingerprint density at radius 3 is 1.91 bits per heavy atom. The molecule has 8 nitrogen and oxygen atoms in total. The lowest BCUT2D eigenvalue weighted by Crippen LogP contribution is -2.29. The van der Waals surface area contributed by atoms with Gasteiger partial charge in [0.1, 0.15) is 6.61 Å². The third kappa shape index (κ3) is 22.9. The van der Waals surface area contributed by atoms with Crippen molar-refractivity contribution in [1.29, 1.82) is 0 Å². The molecular weight excluding hydrogens is 471 g/mol. The molecule has 0 radical (unpaired) electrons. The van der Waals surface area contributed by atoms with E-state index in [1.807, 2.05) is 0 Å². The Kier molecular flexibility index (Phi) is 18.2. The first-order valence-electron chi connectivity index (χ1n) is 10.3. The first-order chi connectivity index (χ1) is 16.8. The monoisotopic (exact) mass is 494 g/mol. The van der Waals surface area contributed by atoms with Gasteiger partial charge < -0.3 is 19.3 Å². The van der Waals surface area contributed by atoms with Crippen molar-refractivity contribution in [2.45, 2.75) is 51.6 Å².